The first-order valence-corrected chi connectivity index (χ1v) is 8.97. The molecular formula is C19H27N3O5. The summed E-state index contributed by atoms with van der Waals surface area (Å²) in [5.41, 5.74) is 0.924. The number of nitrogens with one attached hydrogen (secondary N) is 2. The molecule has 0 bridgehead atoms. The molecule has 1 aromatic carbocycles. The lowest BCUT2D eigenvalue weighted by Gasteiger charge is -2.14. The van der Waals surface area contributed by atoms with Crippen LogP contribution in [0.3, 0.4) is 0 Å². The van der Waals surface area contributed by atoms with E-state index in [1.165, 1.54) is 4.90 Å². The van der Waals surface area contributed by atoms with Gasteiger partial charge in [-0.05, 0) is 44.4 Å². The van der Waals surface area contributed by atoms with Crippen molar-refractivity contribution in [1.29, 1.82) is 0 Å². The van der Waals surface area contributed by atoms with Crippen molar-refractivity contribution in [2.75, 3.05) is 20.8 Å². The summed E-state index contributed by atoms with van der Waals surface area (Å²) in [5, 5.41) is 5.42. The van der Waals surface area contributed by atoms with E-state index in [0.717, 1.165) is 5.56 Å². The minimum Gasteiger partial charge on any atom is -0.493 e. The summed E-state index contributed by atoms with van der Waals surface area (Å²) >= 11 is 0. The summed E-state index contributed by atoms with van der Waals surface area (Å²) in [4.78, 5) is 37.5. The zero-order chi connectivity index (χ0) is 20.0. The van der Waals surface area contributed by atoms with Gasteiger partial charge in [-0.3, -0.25) is 14.5 Å². The average Bonchev–Trinajstić information content (AvgIpc) is 2.90. The molecule has 2 rings (SSSR count). The molecule has 1 atom stereocenters. The van der Waals surface area contributed by atoms with Crippen LogP contribution in [0.1, 0.15) is 32.3 Å². The quantitative estimate of drug-likeness (QED) is 0.635. The number of rotatable bonds is 9. The predicted octanol–water partition coefficient (Wildman–Crippen LogP) is 1.47. The van der Waals surface area contributed by atoms with Crippen LogP contribution in [0, 0.1) is 0 Å². The molecule has 27 heavy (non-hydrogen) atoms. The number of ether oxygens (including phenoxy) is 2. The van der Waals surface area contributed by atoms with E-state index < -0.39 is 12.1 Å². The molecule has 4 amide bonds. The standard InChI is InChI=1S/C19H27N3O5/c1-12(2)20-17(23)8-6-14-18(24)22(19(25)21-14)10-9-13-5-7-15(26-3)16(11-13)27-4/h5,7,11-12,14H,6,8-10H2,1-4H3,(H,20,23)(H,21,25)/t14-/m1/s1. The Morgan fingerprint density at radius 1 is 1.22 bits per heavy atom. The topological polar surface area (TPSA) is 97.0 Å². The molecule has 0 radical (unpaired) electrons. The Hall–Kier alpha value is -2.77. The van der Waals surface area contributed by atoms with Crippen molar-refractivity contribution < 1.29 is 23.9 Å². The number of amides is 4. The lowest BCUT2D eigenvalue weighted by atomic mass is 10.1. The second kappa shape index (κ2) is 9.25. The minimum absolute atomic E-state index is 0.0457. The molecule has 148 valence electrons. The summed E-state index contributed by atoms with van der Waals surface area (Å²) in [6.07, 6.45) is 0.981. The summed E-state index contributed by atoms with van der Waals surface area (Å²) in [6.45, 7) is 4.00. The molecule has 1 saturated heterocycles. The lowest BCUT2D eigenvalue weighted by Crippen LogP contribution is -2.35. The Morgan fingerprint density at radius 2 is 1.93 bits per heavy atom. The number of urea groups is 1. The maximum Gasteiger partial charge on any atom is 0.324 e. The van der Waals surface area contributed by atoms with Gasteiger partial charge >= 0.3 is 6.03 Å². The average molecular weight is 377 g/mol. The fraction of sp³-hybridized carbons (Fsp3) is 0.526. The van der Waals surface area contributed by atoms with E-state index in [1.54, 1.807) is 20.3 Å². The molecule has 0 saturated carbocycles. The molecule has 1 aliphatic heterocycles. The highest BCUT2D eigenvalue weighted by Crippen LogP contribution is 2.27. The molecule has 0 aromatic heterocycles. The van der Waals surface area contributed by atoms with E-state index in [9.17, 15) is 14.4 Å². The number of carbonyl (C=O) groups is 3. The van der Waals surface area contributed by atoms with Gasteiger partial charge < -0.3 is 20.1 Å². The Kier molecular flexibility index (Phi) is 7.04. The zero-order valence-electron chi connectivity index (χ0n) is 16.2. The third kappa shape index (κ3) is 5.35. The van der Waals surface area contributed by atoms with E-state index >= 15 is 0 Å². The largest absolute Gasteiger partial charge is 0.493 e. The number of carbonyl (C=O) groups excluding carboxylic acids is 3. The molecule has 1 heterocycles. The van der Waals surface area contributed by atoms with Crippen LogP contribution in [-0.4, -0.2) is 55.6 Å². The molecule has 8 heteroatoms. The maximum absolute atomic E-state index is 12.5. The monoisotopic (exact) mass is 377 g/mol. The Bertz CT molecular complexity index is 705. The minimum atomic E-state index is -0.652. The van der Waals surface area contributed by atoms with Gasteiger partial charge in [0.25, 0.3) is 5.91 Å². The van der Waals surface area contributed by atoms with Crippen molar-refractivity contribution in [3.8, 4) is 11.5 Å². The van der Waals surface area contributed by atoms with E-state index in [-0.39, 0.29) is 37.2 Å². The second-order valence-electron chi connectivity index (χ2n) is 6.69. The van der Waals surface area contributed by atoms with Gasteiger partial charge in [0.1, 0.15) is 6.04 Å². The summed E-state index contributed by atoms with van der Waals surface area (Å²) in [7, 11) is 3.12. The van der Waals surface area contributed by atoms with Crippen molar-refractivity contribution in [3.63, 3.8) is 0 Å². The van der Waals surface area contributed by atoms with Crippen molar-refractivity contribution >= 4 is 17.8 Å². The Balaban J connectivity index is 1.91. The van der Waals surface area contributed by atoms with Crippen LogP contribution in [-0.2, 0) is 16.0 Å². The number of hydrogen-bond donors (Lipinski definition) is 2. The van der Waals surface area contributed by atoms with Gasteiger partial charge in [-0.25, -0.2) is 4.79 Å². The SMILES string of the molecule is COc1ccc(CCN2C(=O)N[C@H](CCC(=O)NC(C)C)C2=O)cc1OC. The molecule has 1 fully saturated rings. The molecule has 0 aliphatic carbocycles. The summed E-state index contributed by atoms with van der Waals surface area (Å²) in [5.74, 6) is 0.797. The van der Waals surface area contributed by atoms with Gasteiger partial charge in [-0.2, -0.15) is 0 Å². The smallest absolute Gasteiger partial charge is 0.324 e. The fourth-order valence-electron chi connectivity index (χ4n) is 2.93. The van der Waals surface area contributed by atoms with Gasteiger partial charge in [-0.15, -0.1) is 0 Å². The lowest BCUT2D eigenvalue weighted by molar-refractivity contribution is -0.127. The molecule has 2 N–H and O–H groups in total. The van der Waals surface area contributed by atoms with Crippen molar-refractivity contribution in [2.24, 2.45) is 0 Å². The Morgan fingerprint density at radius 3 is 2.56 bits per heavy atom. The van der Waals surface area contributed by atoms with Gasteiger partial charge in [0.05, 0.1) is 14.2 Å². The molecule has 0 spiro atoms. The Labute approximate surface area is 159 Å². The number of imide groups is 1. The van der Waals surface area contributed by atoms with Crippen molar-refractivity contribution in [3.05, 3.63) is 23.8 Å². The van der Waals surface area contributed by atoms with E-state index in [2.05, 4.69) is 10.6 Å². The van der Waals surface area contributed by atoms with Crippen LogP contribution in [0.2, 0.25) is 0 Å². The maximum atomic E-state index is 12.5. The first-order valence-electron chi connectivity index (χ1n) is 8.97. The third-order valence-electron chi connectivity index (χ3n) is 4.29. The molecule has 1 aromatic rings. The number of methoxy groups -OCH3 is 2. The molecule has 8 nitrogen and oxygen atoms in total. The van der Waals surface area contributed by atoms with Gasteiger partial charge in [0.15, 0.2) is 11.5 Å². The second-order valence-corrected chi connectivity index (χ2v) is 6.69. The fourth-order valence-corrected chi connectivity index (χ4v) is 2.93. The van der Waals surface area contributed by atoms with Crippen LogP contribution in [0.15, 0.2) is 18.2 Å². The van der Waals surface area contributed by atoms with Crippen LogP contribution >= 0.6 is 0 Å². The molecular weight excluding hydrogens is 350 g/mol. The number of hydrogen-bond acceptors (Lipinski definition) is 5. The zero-order valence-corrected chi connectivity index (χ0v) is 16.2. The highest BCUT2D eigenvalue weighted by molar-refractivity contribution is 6.04. The van der Waals surface area contributed by atoms with E-state index in [4.69, 9.17) is 9.47 Å². The molecule has 0 unspecified atom stereocenters. The third-order valence-corrected chi connectivity index (χ3v) is 4.29. The van der Waals surface area contributed by atoms with Gasteiger partial charge in [0, 0.05) is 19.0 Å². The van der Waals surface area contributed by atoms with Crippen LogP contribution < -0.4 is 20.1 Å². The first kappa shape index (κ1) is 20.5. The number of benzene rings is 1. The van der Waals surface area contributed by atoms with E-state index in [0.29, 0.717) is 17.9 Å². The van der Waals surface area contributed by atoms with Crippen LogP contribution in [0.5, 0.6) is 11.5 Å². The first-order chi connectivity index (χ1) is 12.8. The summed E-state index contributed by atoms with van der Waals surface area (Å²) < 4.78 is 10.5. The van der Waals surface area contributed by atoms with Crippen LogP contribution in [0.4, 0.5) is 4.79 Å². The van der Waals surface area contributed by atoms with Gasteiger partial charge in [-0.1, -0.05) is 6.07 Å². The van der Waals surface area contributed by atoms with E-state index in [1.807, 2.05) is 26.0 Å². The normalized spacial score (nSPS) is 16.5. The van der Waals surface area contributed by atoms with Gasteiger partial charge in [0.2, 0.25) is 5.91 Å². The van der Waals surface area contributed by atoms with Crippen LogP contribution in [0.25, 0.3) is 0 Å². The molecule has 1 aliphatic rings. The predicted molar refractivity (Wildman–Crippen MR) is 99.8 cm³/mol. The van der Waals surface area contributed by atoms with Crippen molar-refractivity contribution in [2.45, 2.75) is 45.2 Å². The summed E-state index contributed by atoms with van der Waals surface area (Å²) in [6, 6.07) is 4.45. The van der Waals surface area contributed by atoms with Crippen molar-refractivity contribution in [1.82, 2.24) is 15.5 Å². The highest BCUT2D eigenvalue weighted by Gasteiger charge is 2.37. The highest BCUT2D eigenvalue weighted by atomic mass is 16.5. The number of nitrogens with zero attached hydrogens (tertiary/aromatic N) is 1.